The highest BCUT2D eigenvalue weighted by Crippen LogP contribution is 2.30. The van der Waals surface area contributed by atoms with Crippen molar-refractivity contribution in [3.63, 3.8) is 0 Å². The van der Waals surface area contributed by atoms with E-state index in [2.05, 4.69) is 4.98 Å². The molecule has 2 bridgehead atoms. The summed E-state index contributed by atoms with van der Waals surface area (Å²) >= 11 is 1.49. The van der Waals surface area contributed by atoms with Crippen LogP contribution in [0.1, 0.15) is 23.2 Å². The molecule has 7 heteroatoms. The van der Waals surface area contributed by atoms with Crippen molar-refractivity contribution in [3.05, 3.63) is 23.9 Å². The van der Waals surface area contributed by atoms with Gasteiger partial charge in [-0.2, -0.15) is 0 Å². The second kappa shape index (κ2) is 7.01. The van der Waals surface area contributed by atoms with E-state index < -0.39 is 0 Å². The Hall–Kier alpha value is -1.76. The number of hydrogen-bond acceptors (Lipinski definition) is 4. The lowest BCUT2D eigenvalue weighted by atomic mass is 9.94. The molecule has 0 saturated carbocycles. The first-order valence-corrected chi connectivity index (χ1v) is 9.50. The highest BCUT2D eigenvalue weighted by Gasteiger charge is 2.39. The van der Waals surface area contributed by atoms with E-state index in [9.17, 15) is 9.59 Å². The summed E-state index contributed by atoms with van der Waals surface area (Å²) < 4.78 is 0. The molecule has 0 radical (unpaired) electrons. The van der Waals surface area contributed by atoms with Gasteiger partial charge in [0.1, 0.15) is 5.03 Å². The van der Waals surface area contributed by atoms with Gasteiger partial charge in [0.25, 0.3) is 5.91 Å². The van der Waals surface area contributed by atoms with Crippen LogP contribution in [0.4, 0.5) is 4.79 Å². The molecule has 3 aliphatic rings. The van der Waals surface area contributed by atoms with Crippen LogP contribution in [-0.4, -0.2) is 77.6 Å². The Morgan fingerprint density at radius 2 is 2.04 bits per heavy atom. The average Bonchev–Trinajstić information content (AvgIpc) is 2.92. The van der Waals surface area contributed by atoms with E-state index in [1.54, 1.807) is 25.2 Å². The number of fused-ring (bicyclic) bond motifs is 4. The first-order chi connectivity index (χ1) is 11.5. The van der Waals surface area contributed by atoms with E-state index in [0.29, 0.717) is 18.0 Å². The van der Waals surface area contributed by atoms with Gasteiger partial charge in [-0.15, -0.1) is 11.8 Å². The number of rotatable bonds is 2. The lowest BCUT2D eigenvalue weighted by molar-refractivity contribution is 0.0581. The molecule has 1 aromatic rings. The molecular weight excluding hydrogens is 324 g/mol. The largest absolute Gasteiger partial charge is 0.333 e. The standard InChI is InChI=1S/C17H24N4O2S/c1-19(2)17(23)20-9-12-6-7-13(11-20)21(10-12)16(22)14-5-4-8-18-15(14)24-3/h4-5,8,12-13H,6-7,9-11H2,1-3H3/t12-,13+/m1/s1. The van der Waals surface area contributed by atoms with Crippen molar-refractivity contribution in [1.82, 2.24) is 19.7 Å². The molecule has 24 heavy (non-hydrogen) atoms. The van der Waals surface area contributed by atoms with Gasteiger partial charge in [0.15, 0.2) is 0 Å². The van der Waals surface area contributed by atoms with E-state index in [1.807, 2.05) is 28.2 Å². The van der Waals surface area contributed by atoms with Crippen LogP contribution in [-0.2, 0) is 0 Å². The number of pyridine rings is 1. The van der Waals surface area contributed by atoms with E-state index in [-0.39, 0.29) is 18.0 Å². The molecule has 3 aliphatic heterocycles. The number of carbonyl (C=O) groups excluding carboxylic acids is 2. The highest BCUT2D eigenvalue weighted by atomic mass is 32.2. The fraction of sp³-hybridized carbons (Fsp3) is 0.588. The van der Waals surface area contributed by atoms with E-state index in [1.165, 1.54) is 11.8 Å². The van der Waals surface area contributed by atoms with Crippen LogP contribution < -0.4 is 0 Å². The molecule has 4 rings (SSSR count). The Labute approximate surface area is 147 Å². The lowest BCUT2D eigenvalue weighted by Gasteiger charge is -2.36. The van der Waals surface area contributed by atoms with Crippen molar-refractivity contribution in [2.45, 2.75) is 23.9 Å². The van der Waals surface area contributed by atoms with Crippen LogP contribution in [0, 0.1) is 5.92 Å². The van der Waals surface area contributed by atoms with Gasteiger partial charge in [-0.3, -0.25) is 4.79 Å². The predicted molar refractivity (Wildman–Crippen MR) is 94.2 cm³/mol. The van der Waals surface area contributed by atoms with Gasteiger partial charge in [-0.1, -0.05) is 0 Å². The summed E-state index contributed by atoms with van der Waals surface area (Å²) in [4.78, 5) is 35.2. The monoisotopic (exact) mass is 348 g/mol. The van der Waals surface area contributed by atoms with Crippen LogP contribution in [0.5, 0.6) is 0 Å². The Morgan fingerprint density at radius 3 is 2.75 bits per heavy atom. The molecule has 3 fully saturated rings. The highest BCUT2D eigenvalue weighted by molar-refractivity contribution is 7.98. The van der Waals surface area contributed by atoms with Crippen molar-refractivity contribution in [3.8, 4) is 0 Å². The number of aromatic nitrogens is 1. The van der Waals surface area contributed by atoms with Crippen LogP contribution in [0.2, 0.25) is 0 Å². The Kier molecular flexibility index (Phi) is 4.99. The van der Waals surface area contributed by atoms with Gasteiger partial charge in [-0.25, -0.2) is 9.78 Å². The number of hydrogen-bond donors (Lipinski definition) is 0. The first-order valence-electron chi connectivity index (χ1n) is 8.27. The minimum absolute atomic E-state index is 0.0346. The fourth-order valence-electron chi connectivity index (χ4n) is 3.64. The SMILES string of the molecule is CSc1ncccc1C(=O)N1C[C@@H]2CC[C@H]1CN(C(=O)N(C)C)C2. The average molecular weight is 348 g/mol. The quantitative estimate of drug-likeness (QED) is 0.768. The Bertz CT molecular complexity index is 637. The summed E-state index contributed by atoms with van der Waals surface area (Å²) in [5, 5.41) is 0.767. The predicted octanol–water partition coefficient (Wildman–Crippen LogP) is 2.02. The normalized spacial score (nSPS) is 23.1. The van der Waals surface area contributed by atoms with Crippen LogP contribution in [0.3, 0.4) is 0 Å². The molecule has 0 aliphatic carbocycles. The molecule has 4 heterocycles. The smallest absolute Gasteiger partial charge is 0.319 e. The van der Waals surface area contributed by atoms with Crippen molar-refractivity contribution in [2.24, 2.45) is 5.92 Å². The Morgan fingerprint density at radius 1 is 1.25 bits per heavy atom. The number of carbonyl (C=O) groups is 2. The summed E-state index contributed by atoms with van der Waals surface area (Å²) in [7, 11) is 3.55. The van der Waals surface area contributed by atoms with Crippen LogP contribution >= 0.6 is 11.8 Å². The van der Waals surface area contributed by atoms with Crippen LogP contribution in [0.15, 0.2) is 23.4 Å². The van der Waals surface area contributed by atoms with Crippen molar-refractivity contribution in [1.29, 1.82) is 0 Å². The number of nitrogens with zero attached hydrogens (tertiary/aromatic N) is 4. The number of urea groups is 1. The minimum atomic E-state index is 0.0346. The molecule has 3 amide bonds. The van der Waals surface area contributed by atoms with Gasteiger partial charge in [0.05, 0.1) is 5.56 Å². The van der Waals surface area contributed by atoms with Gasteiger partial charge < -0.3 is 14.7 Å². The van der Waals surface area contributed by atoms with Crippen molar-refractivity contribution in [2.75, 3.05) is 40.0 Å². The Balaban J connectivity index is 1.83. The summed E-state index contributed by atoms with van der Waals surface area (Å²) in [6, 6.07) is 3.79. The lowest BCUT2D eigenvalue weighted by Crippen LogP contribution is -2.48. The second-order valence-electron chi connectivity index (χ2n) is 6.70. The van der Waals surface area contributed by atoms with E-state index >= 15 is 0 Å². The maximum absolute atomic E-state index is 13.1. The third kappa shape index (κ3) is 3.22. The van der Waals surface area contributed by atoms with E-state index in [0.717, 1.165) is 31.0 Å². The molecule has 2 atom stereocenters. The molecule has 1 aromatic heterocycles. The van der Waals surface area contributed by atoms with E-state index in [4.69, 9.17) is 0 Å². The van der Waals surface area contributed by atoms with Gasteiger partial charge in [0.2, 0.25) is 0 Å². The zero-order valence-corrected chi connectivity index (χ0v) is 15.3. The molecular formula is C17H24N4O2S. The molecule has 3 saturated heterocycles. The van der Waals surface area contributed by atoms with Gasteiger partial charge in [-0.05, 0) is 37.1 Å². The molecule has 130 valence electrons. The second-order valence-corrected chi connectivity index (χ2v) is 7.49. The number of thioether (sulfide) groups is 1. The maximum atomic E-state index is 13.1. The summed E-state index contributed by atoms with van der Waals surface area (Å²) in [5.41, 5.74) is 0.669. The number of amides is 3. The molecule has 0 N–H and O–H groups in total. The summed E-state index contributed by atoms with van der Waals surface area (Å²) in [6.45, 7) is 2.08. The van der Waals surface area contributed by atoms with Crippen molar-refractivity contribution >= 4 is 23.7 Å². The number of piperidine rings is 1. The minimum Gasteiger partial charge on any atom is -0.333 e. The summed E-state index contributed by atoms with van der Waals surface area (Å²) in [6.07, 6.45) is 5.69. The van der Waals surface area contributed by atoms with Crippen LogP contribution in [0.25, 0.3) is 0 Å². The van der Waals surface area contributed by atoms with Gasteiger partial charge >= 0.3 is 6.03 Å². The zero-order chi connectivity index (χ0) is 17.3. The van der Waals surface area contributed by atoms with Gasteiger partial charge in [0, 0.05) is 46.0 Å². The topological polar surface area (TPSA) is 56.8 Å². The molecule has 0 spiro atoms. The molecule has 6 nitrogen and oxygen atoms in total. The third-order valence-corrected chi connectivity index (χ3v) is 5.53. The fourth-order valence-corrected chi connectivity index (χ4v) is 4.18. The van der Waals surface area contributed by atoms with Crippen molar-refractivity contribution < 1.29 is 9.59 Å². The summed E-state index contributed by atoms with van der Waals surface area (Å²) in [5.74, 6) is 0.396. The third-order valence-electron chi connectivity index (χ3n) is 4.82. The molecule has 0 unspecified atom stereocenters. The first kappa shape index (κ1) is 17.1. The zero-order valence-electron chi connectivity index (χ0n) is 14.4. The maximum Gasteiger partial charge on any atom is 0.319 e. The molecule has 0 aromatic carbocycles.